The van der Waals surface area contributed by atoms with Crippen molar-refractivity contribution in [1.29, 1.82) is 0 Å². The second-order valence-corrected chi connectivity index (χ2v) is 6.73. The second kappa shape index (κ2) is 8.47. The fourth-order valence-electron chi connectivity index (χ4n) is 1.81. The number of aromatic nitrogens is 1. The Labute approximate surface area is 141 Å². The first-order valence-electron chi connectivity index (χ1n) is 7.85. The summed E-state index contributed by atoms with van der Waals surface area (Å²) in [6.45, 7) is 7.57. The molecule has 2 N–H and O–H groups in total. The van der Waals surface area contributed by atoms with E-state index in [4.69, 9.17) is 4.52 Å². The molecule has 0 aliphatic rings. The Bertz CT molecular complexity index is 589. The van der Waals surface area contributed by atoms with E-state index in [9.17, 15) is 14.4 Å². The molecule has 0 atom stereocenters. The SMILES string of the molecule is Cc1cc(NC(=O)CN(C)C(=O)CCCNC(=O)C(C)(C)C)no1. The van der Waals surface area contributed by atoms with Crippen LogP contribution < -0.4 is 10.6 Å². The number of hydrogen-bond donors (Lipinski definition) is 2. The van der Waals surface area contributed by atoms with Gasteiger partial charge in [-0.2, -0.15) is 0 Å². The van der Waals surface area contributed by atoms with Gasteiger partial charge in [-0.05, 0) is 13.3 Å². The lowest BCUT2D eigenvalue weighted by molar-refractivity contribution is -0.133. The van der Waals surface area contributed by atoms with E-state index in [-0.39, 0.29) is 30.7 Å². The van der Waals surface area contributed by atoms with Crippen molar-refractivity contribution in [3.63, 3.8) is 0 Å². The van der Waals surface area contributed by atoms with Gasteiger partial charge in [0.2, 0.25) is 17.7 Å². The van der Waals surface area contributed by atoms with E-state index in [0.717, 1.165) is 0 Å². The lowest BCUT2D eigenvalue weighted by Crippen LogP contribution is -2.37. The highest BCUT2D eigenvalue weighted by molar-refractivity contribution is 5.93. The zero-order chi connectivity index (χ0) is 18.3. The zero-order valence-electron chi connectivity index (χ0n) is 14.9. The van der Waals surface area contributed by atoms with Crippen molar-refractivity contribution in [2.75, 3.05) is 25.5 Å². The van der Waals surface area contributed by atoms with Crippen LogP contribution >= 0.6 is 0 Å². The molecule has 1 rings (SSSR count). The van der Waals surface area contributed by atoms with Crippen LogP contribution in [0.15, 0.2) is 10.6 Å². The van der Waals surface area contributed by atoms with Crippen molar-refractivity contribution >= 4 is 23.5 Å². The lowest BCUT2D eigenvalue weighted by atomic mass is 9.96. The average Bonchev–Trinajstić information content (AvgIpc) is 2.86. The Hall–Kier alpha value is -2.38. The van der Waals surface area contributed by atoms with Gasteiger partial charge >= 0.3 is 0 Å². The number of hydrogen-bond acceptors (Lipinski definition) is 5. The van der Waals surface area contributed by atoms with Crippen molar-refractivity contribution in [3.8, 4) is 0 Å². The van der Waals surface area contributed by atoms with Gasteiger partial charge in [-0.15, -0.1) is 0 Å². The zero-order valence-corrected chi connectivity index (χ0v) is 14.9. The highest BCUT2D eigenvalue weighted by Crippen LogP contribution is 2.12. The Morgan fingerprint density at radius 3 is 2.50 bits per heavy atom. The monoisotopic (exact) mass is 338 g/mol. The molecule has 8 heteroatoms. The molecule has 0 bridgehead atoms. The standard InChI is InChI=1S/C16H26N4O4/c1-11-9-12(19-24-11)18-13(21)10-20(5)14(22)7-6-8-17-15(23)16(2,3)4/h9H,6-8,10H2,1-5H3,(H,17,23)(H,18,19,21). The van der Waals surface area contributed by atoms with Gasteiger partial charge in [-0.25, -0.2) is 0 Å². The Morgan fingerprint density at radius 2 is 1.96 bits per heavy atom. The summed E-state index contributed by atoms with van der Waals surface area (Å²) in [7, 11) is 1.56. The van der Waals surface area contributed by atoms with Gasteiger partial charge in [0.05, 0.1) is 6.54 Å². The van der Waals surface area contributed by atoms with Crippen LogP contribution in [-0.2, 0) is 14.4 Å². The van der Waals surface area contributed by atoms with E-state index in [0.29, 0.717) is 24.5 Å². The second-order valence-electron chi connectivity index (χ2n) is 6.73. The lowest BCUT2D eigenvalue weighted by Gasteiger charge is -2.18. The maximum Gasteiger partial charge on any atom is 0.245 e. The molecule has 24 heavy (non-hydrogen) atoms. The van der Waals surface area contributed by atoms with Gasteiger partial charge in [0.1, 0.15) is 5.76 Å². The Balaban J connectivity index is 2.27. The average molecular weight is 338 g/mol. The smallest absolute Gasteiger partial charge is 0.245 e. The van der Waals surface area contributed by atoms with Gasteiger partial charge < -0.3 is 20.1 Å². The third-order valence-corrected chi connectivity index (χ3v) is 3.24. The minimum Gasteiger partial charge on any atom is -0.360 e. The maximum atomic E-state index is 12.0. The number of amides is 3. The largest absolute Gasteiger partial charge is 0.360 e. The molecule has 0 aliphatic heterocycles. The molecule has 0 aromatic carbocycles. The predicted octanol–water partition coefficient (Wildman–Crippen LogP) is 1.32. The van der Waals surface area contributed by atoms with Crippen molar-refractivity contribution in [2.24, 2.45) is 5.41 Å². The van der Waals surface area contributed by atoms with Crippen molar-refractivity contribution in [3.05, 3.63) is 11.8 Å². The third kappa shape index (κ3) is 6.80. The van der Waals surface area contributed by atoms with Gasteiger partial charge in [0.25, 0.3) is 0 Å². The first kappa shape index (κ1) is 19.7. The summed E-state index contributed by atoms with van der Waals surface area (Å²) >= 11 is 0. The minimum atomic E-state index is -0.446. The number of nitrogens with zero attached hydrogens (tertiary/aromatic N) is 2. The van der Waals surface area contributed by atoms with E-state index >= 15 is 0 Å². The highest BCUT2D eigenvalue weighted by Gasteiger charge is 2.20. The number of carbonyl (C=O) groups is 3. The summed E-state index contributed by atoms with van der Waals surface area (Å²) in [5, 5.41) is 8.99. The molecule has 8 nitrogen and oxygen atoms in total. The quantitative estimate of drug-likeness (QED) is 0.730. The van der Waals surface area contributed by atoms with Crippen LogP contribution in [0.3, 0.4) is 0 Å². The van der Waals surface area contributed by atoms with Crippen molar-refractivity contribution < 1.29 is 18.9 Å². The third-order valence-electron chi connectivity index (χ3n) is 3.24. The summed E-state index contributed by atoms with van der Waals surface area (Å²) in [4.78, 5) is 36.8. The number of nitrogens with one attached hydrogen (secondary N) is 2. The van der Waals surface area contributed by atoms with Crippen LogP contribution in [0.5, 0.6) is 0 Å². The number of rotatable bonds is 7. The van der Waals surface area contributed by atoms with Gasteiger partial charge in [0.15, 0.2) is 5.82 Å². The Morgan fingerprint density at radius 1 is 1.29 bits per heavy atom. The number of anilines is 1. The molecule has 0 aliphatic carbocycles. The molecule has 0 unspecified atom stereocenters. The van der Waals surface area contributed by atoms with Crippen LogP contribution in [0, 0.1) is 12.3 Å². The molecule has 0 radical (unpaired) electrons. The maximum absolute atomic E-state index is 12.0. The van der Waals surface area contributed by atoms with E-state index in [1.54, 1.807) is 20.0 Å². The molecule has 0 fully saturated rings. The summed E-state index contributed by atoms with van der Waals surface area (Å²) in [5.74, 6) is 0.354. The molecule has 0 spiro atoms. The summed E-state index contributed by atoms with van der Waals surface area (Å²) in [5.41, 5.74) is -0.446. The topological polar surface area (TPSA) is 105 Å². The molecule has 1 heterocycles. The predicted molar refractivity (Wildman–Crippen MR) is 89.2 cm³/mol. The van der Waals surface area contributed by atoms with Gasteiger partial charge in [0, 0.05) is 31.5 Å². The normalized spacial score (nSPS) is 11.0. The number of aryl methyl sites for hydroxylation is 1. The summed E-state index contributed by atoms with van der Waals surface area (Å²) in [6.07, 6.45) is 0.784. The van der Waals surface area contributed by atoms with Gasteiger partial charge in [-0.3, -0.25) is 14.4 Å². The van der Waals surface area contributed by atoms with Crippen molar-refractivity contribution in [1.82, 2.24) is 15.4 Å². The molecular weight excluding hydrogens is 312 g/mol. The van der Waals surface area contributed by atoms with Crippen molar-refractivity contribution in [2.45, 2.75) is 40.5 Å². The van der Waals surface area contributed by atoms with E-state index in [1.807, 2.05) is 20.8 Å². The van der Waals surface area contributed by atoms with Gasteiger partial charge in [-0.1, -0.05) is 25.9 Å². The van der Waals surface area contributed by atoms with Crippen LogP contribution in [0.1, 0.15) is 39.4 Å². The van der Waals surface area contributed by atoms with Crippen LogP contribution in [0.25, 0.3) is 0 Å². The molecule has 1 aromatic heterocycles. The fraction of sp³-hybridized carbons (Fsp3) is 0.625. The van der Waals surface area contributed by atoms with Crippen LogP contribution in [-0.4, -0.2) is 47.9 Å². The first-order chi connectivity index (χ1) is 11.1. The van der Waals surface area contributed by atoms with E-state index < -0.39 is 5.41 Å². The molecule has 0 saturated heterocycles. The fourth-order valence-corrected chi connectivity index (χ4v) is 1.81. The van der Waals surface area contributed by atoms with E-state index in [2.05, 4.69) is 15.8 Å². The highest BCUT2D eigenvalue weighted by atomic mass is 16.5. The van der Waals surface area contributed by atoms with E-state index in [1.165, 1.54) is 4.90 Å². The molecule has 3 amide bonds. The molecule has 1 aromatic rings. The number of carbonyl (C=O) groups excluding carboxylic acids is 3. The van der Waals surface area contributed by atoms with Crippen LogP contribution in [0.2, 0.25) is 0 Å². The molecule has 134 valence electrons. The summed E-state index contributed by atoms with van der Waals surface area (Å²) < 4.78 is 4.85. The van der Waals surface area contributed by atoms with Crippen LogP contribution in [0.4, 0.5) is 5.82 Å². The first-order valence-corrected chi connectivity index (χ1v) is 7.85. The minimum absolute atomic E-state index is 0.0504. The number of likely N-dealkylation sites (N-methyl/N-ethyl adjacent to an activating group) is 1. The Kier molecular flexibility index (Phi) is 6.94. The molecular formula is C16H26N4O4. The summed E-state index contributed by atoms with van der Waals surface area (Å²) in [6, 6.07) is 1.59. The molecule has 0 saturated carbocycles.